The van der Waals surface area contributed by atoms with E-state index >= 15 is 0 Å². The van der Waals surface area contributed by atoms with Crippen LogP contribution in [0.3, 0.4) is 0 Å². The number of nitrogens with zero attached hydrogens (tertiary/aromatic N) is 4. The summed E-state index contributed by atoms with van der Waals surface area (Å²) in [5, 5.41) is 11.8. The van der Waals surface area contributed by atoms with Crippen LogP contribution in [0.15, 0.2) is 42.6 Å². The third-order valence-corrected chi connectivity index (χ3v) is 3.89. The van der Waals surface area contributed by atoms with Crippen molar-refractivity contribution in [3.63, 3.8) is 0 Å². The predicted molar refractivity (Wildman–Crippen MR) is 88.2 cm³/mol. The Labute approximate surface area is 139 Å². The summed E-state index contributed by atoms with van der Waals surface area (Å²) in [4.78, 5) is 19.8. The Bertz CT molecular complexity index is 763. The molecule has 2 aromatic rings. The number of amides is 2. The largest absolute Gasteiger partial charge is 0.367 e. The van der Waals surface area contributed by atoms with Crippen LogP contribution < -0.4 is 10.2 Å². The van der Waals surface area contributed by atoms with Gasteiger partial charge in [0.15, 0.2) is 0 Å². The second-order valence-electron chi connectivity index (χ2n) is 5.39. The van der Waals surface area contributed by atoms with Gasteiger partial charge in [0.2, 0.25) is 0 Å². The van der Waals surface area contributed by atoms with Crippen LogP contribution in [0.25, 0.3) is 0 Å². The average molecular weight is 325 g/mol. The first-order valence-corrected chi connectivity index (χ1v) is 7.59. The van der Waals surface area contributed by atoms with Crippen LogP contribution in [0.1, 0.15) is 5.56 Å². The lowest BCUT2D eigenvalue weighted by Gasteiger charge is -2.36. The zero-order chi connectivity index (χ0) is 16.9. The van der Waals surface area contributed by atoms with Crippen molar-refractivity contribution in [2.45, 2.75) is 0 Å². The van der Waals surface area contributed by atoms with E-state index in [4.69, 9.17) is 0 Å². The highest BCUT2D eigenvalue weighted by atomic mass is 19.1. The molecule has 2 amide bonds. The molecule has 24 heavy (non-hydrogen) atoms. The minimum absolute atomic E-state index is 0.262. The molecule has 0 unspecified atom stereocenters. The molecule has 0 saturated carbocycles. The summed E-state index contributed by atoms with van der Waals surface area (Å²) in [6, 6.07) is 12.0. The Kier molecular flexibility index (Phi) is 4.57. The number of hydrogen-bond donors (Lipinski definition) is 1. The van der Waals surface area contributed by atoms with E-state index in [1.165, 1.54) is 12.1 Å². The van der Waals surface area contributed by atoms with Crippen molar-refractivity contribution in [1.29, 1.82) is 5.26 Å². The summed E-state index contributed by atoms with van der Waals surface area (Å²) in [6.07, 6.45) is 1.06. The average Bonchev–Trinajstić information content (AvgIpc) is 2.63. The molecular formula is C17H16FN5O. The Morgan fingerprint density at radius 3 is 2.58 bits per heavy atom. The molecule has 1 aliphatic rings. The summed E-state index contributed by atoms with van der Waals surface area (Å²) in [7, 11) is 0. The number of carbonyl (C=O) groups is 1. The zero-order valence-electron chi connectivity index (χ0n) is 12.9. The van der Waals surface area contributed by atoms with E-state index in [0.717, 1.165) is 11.9 Å². The molecule has 7 heteroatoms. The molecule has 1 aliphatic heterocycles. The summed E-state index contributed by atoms with van der Waals surface area (Å²) < 4.78 is 12.8. The Morgan fingerprint density at radius 1 is 1.17 bits per heavy atom. The molecule has 6 nitrogen and oxygen atoms in total. The number of nitriles is 1. The molecule has 2 heterocycles. The first-order valence-electron chi connectivity index (χ1n) is 7.59. The second kappa shape index (κ2) is 6.96. The molecule has 0 spiro atoms. The number of hydrogen-bond acceptors (Lipinski definition) is 4. The van der Waals surface area contributed by atoms with Crippen LogP contribution in [0.5, 0.6) is 0 Å². The molecule has 0 bridgehead atoms. The number of para-hydroxylation sites is 1. The van der Waals surface area contributed by atoms with Crippen molar-refractivity contribution in [3.05, 3.63) is 54.0 Å². The zero-order valence-corrected chi connectivity index (χ0v) is 12.9. The van der Waals surface area contributed by atoms with Crippen LogP contribution in [0.4, 0.5) is 20.7 Å². The normalized spacial score (nSPS) is 14.2. The molecule has 0 radical (unpaired) electrons. The number of anilines is 2. The lowest BCUT2D eigenvalue weighted by Crippen LogP contribution is -2.50. The van der Waals surface area contributed by atoms with Crippen LogP contribution in [0, 0.1) is 17.1 Å². The number of pyridine rings is 1. The lowest BCUT2D eigenvalue weighted by atomic mass is 10.1. The van der Waals surface area contributed by atoms with Crippen LogP contribution in [-0.4, -0.2) is 42.1 Å². The molecule has 122 valence electrons. The third kappa shape index (κ3) is 3.43. The highest BCUT2D eigenvalue weighted by Crippen LogP contribution is 2.21. The van der Waals surface area contributed by atoms with Gasteiger partial charge in [-0.1, -0.05) is 12.1 Å². The van der Waals surface area contributed by atoms with E-state index in [1.807, 2.05) is 18.2 Å². The third-order valence-electron chi connectivity index (χ3n) is 3.89. The fourth-order valence-corrected chi connectivity index (χ4v) is 2.63. The lowest BCUT2D eigenvalue weighted by molar-refractivity contribution is 0.208. The number of benzene rings is 1. The topological polar surface area (TPSA) is 72.3 Å². The van der Waals surface area contributed by atoms with Gasteiger partial charge in [-0.3, -0.25) is 5.32 Å². The van der Waals surface area contributed by atoms with Crippen molar-refractivity contribution < 1.29 is 9.18 Å². The van der Waals surface area contributed by atoms with Crippen molar-refractivity contribution in [1.82, 2.24) is 9.88 Å². The maximum atomic E-state index is 12.8. The van der Waals surface area contributed by atoms with E-state index in [1.54, 1.807) is 11.0 Å². The summed E-state index contributed by atoms with van der Waals surface area (Å²) >= 11 is 0. The van der Waals surface area contributed by atoms with Gasteiger partial charge < -0.3 is 9.80 Å². The minimum atomic E-state index is -0.447. The molecule has 0 aliphatic carbocycles. The molecule has 1 fully saturated rings. The molecule has 1 saturated heterocycles. The summed E-state index contributed by atoms with van der Waals surface area (Å²) in [6.45, 7) is 2.35. The molecule has 3 rings (SSSR count). The molecule has 1 aromatic carbocycles. The molecular weight excluding hydrogens is 309 g/mol. The molecule has 1 aromatic heterocycles. The summed E-state index contributed by atoms with van der Waals surface area (Å²) in [5.74, 6) is -0.128. The number of piperazine rings is 1. The number of aromatic nitrogens is 1. The number of rotatable bonds is 2. The van der Waals surface area contributed by atoms with Crippen LogP contribution in [0.2, 0.25) is 0 Å². The van der Waals surface area contributed by atoms with E-state index in [-0.39, 0.29) is 6.03 Å². The van der Waals surface area contributed by atoms with Crippen molar-refractivity contribution >= 4 is 17.5 Å². The minimum Gasteiger partial charge on any atom is -0.367 e. The van der Waals surface area contributed by atoms with E-state index < -0.39 is 5.82 Å². The fraction of sp³-hybridized carbons (Fsp3) is 0.235. The highest BCUT2D eigenvalue weighted by Gasteiger charge is 2.22. The molecule has 1 N–H and O–H groups in total. The monoisotopic (exact) mass is 325 g/mol. The second-order valence-corrected chi connectivity index (χ2v) is 5.39. The number of urea groups is 1. The Hall–Kier alpha value is -3.14. The Balaban J connectivity index is 1.59. The van der Waals surface area contributed by atoms with Gasteiger partial charge in [-0.15, -0.1) is 0 Å². The maximum Gasteiger partial charge on any atom is 0.323 e. The number of halogens is 1. The van der Waals surface area contributed by atoms with Gasteiger partial charge in [0, 0.05) is 26.2 Å². The van der Waals surface area contributed by atoms with Gasteiger partial charge in [-0.25, -0.2) is 14.2 Å². The molecule has 0 atom stereocenters. The first kappa shape index (κ1) is 15.7. The quantitative estimate of drug-likeness (QED) is 0.920. The van der Waals surface area contributed by atoms with Crippen LogP contribution >= 0.6 is 0 Å². The first-order chi connectivity index (χ1) is 11.7. The maximum absolute atomic E-state index is 12.8. The highest BCUT2D eigenvalue weighted by molar-refractivity contribution is 5.88. The van der Waals surface area contributed by atoms with Gasteiger partial charge >= 0.3 is 6.03 Å². The Morgan fingerprint density at radius 2 is 1.92 bits per heavy atom. The van der Waals surface area contributed by atoms with Gasteiger partial charge in [-0.05, 0) is 24.3 Å². The van der Waals surface area contributed by atoms with Gasteiger partial charge in [-0.2, -0.15) is 5.26 Å². The van der Waals surface area contributed by atoms with Crippen molar-refractivity contribution in [2.24, 2.45) is 0 Å². The van der Waals surface area contributed by atoms with E-state index in [2.05, 4.69) is 21.3 Å². The van der Waals surface area contributed by atoms with E-state index in [0.29, 0.717) is 37.6 Å². The van der Waals surface area contributed by atoms with Gasteiger partial charge in [0.05, 0.1) is 17.4 Å². The van der Waals surface area contributed by atoms with Crippen LogP contribution in [-0.2, 0) is 0 Å². The van der Waals surface area contributed by atoms with Gasteiger partial charge in [0.25, 0.3) is 0 Å². The fourth-order valence-electron chi connectivity index (χ4n) is 2.63. The van der Waals surface area contributed by atoms with E-state index in [9.17, 15) is 14.4 Å². The number of nitrogens with one attached hydrogen (secondary N) is 1. The van der Waals surface area contributed by atoms with Crippen molar-refractivity contribution in [3.8, 4) is 6.07 Å². The number of carbonyl (C=O) groups excluding carboxylic acids is 1. The smallest absolute Gasteiger partial charge is 0.323 e. The predicted octanol–water partition coefficient (Wildman–Crippen LogP) is 2.45. The SMILES string of the molecule is N#Cc1ccccc1N1CCN(C(=O)Nc2ccc(F)cn2)CC1. The summed E-state index contributed by atoms with van der Waals surface area (Å²) in [5.41, 5.74) is 1.52. The van der Waals surface area contributed by atoms with Gasteiger partial charge in [0.1, 0.15) is 17.7 Å². The van der Waals surface area contributed by atoms with Crippen molar-refractivity contribution in [2.75, 3.05) is 36.4 Å². The standard InChI is InChI=1S/C17H16FN5O/c18-14-5-6-16(20-12-14)21-17(24)23-9-7-22(8-10-23)15-4-2-1-3-13(15)11-19/h1-6,12H,7-10H2,(H,20,21,24).